The molecule has 0 saturated carbocycles. The van der Waals surface area contributed by atoms with Gasteiger partial charge in [0.2, 0.25) is 0 Å². The van der Waals surface area contributed by atoms with Crippen molar-refractivity contribution in [3.63, 3.8) is 0 Å². The molecule has 1 aromatic rings. The normalized spacial score (nSPS) is 13.3. The summed E-state index contributed by atoms with van der Waals surface area (Å²) in [6.45, 7) is 2.38. The molecule has 118 valence electrons. The average molecular weight is 314 g/mol. The minimum Gasteiger partial charge on any atom is -0.481 e. The first-order valence-electron chi connectivity index (χ1n) is 6.87. The van der Waals surface area contributed by atoms with Gasteiger partial charge in [0.1, 0.15) is 0 Å². The van der Waals surface area contributed by atoms with E-state index >= 15 is 0 Å². The van der Waals surface area contributed by atoms with Crippen molar-refractivity contribution in [2.45, 2.75) is 32.2 Å². The molecule has 6 nitrogen and oxygen atoms in total. The molecule has 0 amide bonds. The van der Waals surface area contributed by atoms with Crippen LogP contribution in [0.2, 0.25) is 0 Å². The van der Waals surface area contributed by atoms with Gasteiger partial charge in [0.05, 0.1) is 12.5 Å². The molecule has 0 spiro atoms. The van der Waals surface area contributed by atoms with Crippen LogP contribution in [-0.2, 0) is 15.0 Å². The zero-order valence-electron chi connectivity index (χ0n) is 12.3. The standard InChI is InChI=1S/C14H22N2O4S/c1-3-4-10-16(2)21(19,20)15-13(11-14(17)18)12-8-6-5-7-9-12/h5-9,13,15H,3-4,10-11H2,1-2H3,(H,17,18). The molecule has 0 heterocycles. The Balaban J connectivity index is 2.88. The van der Waals surface area contributed by atoms with E-state index in [4.69, 9.17) is 5.11 Å². The number of carboxylic acid groups (broad SMARTS) is 1. The van der Waals surface area contributed by atoms with Crippen LogP contribution in [-0.4, -0.2) is 37.4 Å². The molecule has 0 saturated heterocycles. The Morgan fingerprint density at radius 2 is 1.95 bits per heavy atom. The molecule has 0 radical (unpaired) electrons. The van der Waals surface area contributed by atoms with E-state index in [9.17, 15) is 13.2 Å². The highest BCUT2D eigenvalue weighted by Crippen LogP contribution is 2.18. The van der Waals surface area contributed by atoms with Gasteiger partial charge in [-0.15, -0.1) is 0 Å². The Kier molecular flexibility index (Phi) is 6.80. The topological polar surface area (TPSA) is 86.7 Å². The highest BCUT2D eigenvalue weighted by atomic mass is 32.2. The van der Waals surface area contributed by atoms with E-state index in [1.165, 1.54) is 11.4 Å². The van der Waals surface area contributed by atoms with Crippen LogP contribution in [0.1, 0.15) is 37.8 Å². The average Bonchev–Trinajstić information content (AvgIpc) is 2.44. The Morgan fingerprint density at radius 3 is 2.48 bits per heavy atom. The Labute approximate surface area is 126 Å². The first-order chi connectivity index (χ1) is 9.86. The predicted octanol–water partition coefficient (Wildman–Crippen LogP) is 1.77. The first kappa shape index (κ1) is 17.6. The van der Waals surface area contributed by atoms with E-state index in [1.807, 2.05) is 6.92 Å². The highest BCUT2D eigenvalue weighted by molar-refractivity contribution is 7.87. The van der Waals surface area contributed by atoms with Gasteiger partial charge in [-0.05, 0) is 12.0 Å². The predicted molar refractivity (Wildman–Crippen MR) is 81.0 cm³/mol. The van der Waals surface area contributed by atoms with E-state index in [-0.39, 0.29) is 6.42 Å². The molecule has 1 atom stereocenters. The second kappa shape index (κ2) is 8.11. The van der Waals surface area contributed by atoms with Crippen molar-refractivity contribution in [3.05, 3.63) is 35.9 Å². The van der Waals surface area contributed by atoms with E-state index in [1.54, 1.807) is 30.3 Å². The first-order valence-corrected chi connectivity index (χ1v) is 8.31. The van der Waals surface area contributed by atoms with Crippen molar-refractivity contribution in [3.8, 4) is 0 Å². The van der Waals surface area contributed by atoms with Gasteiger partial charge >= 0.3 is 5.97 Å². The number of carboxylic acids is 1. The molecule has 21 heavy (non-hydrogen) atoms. The van der Waals surface area contributed by atoms with Gasteiger partial charge in [-0.25, -0.2) is 0 Å². The summed E-state index contributed by atoms with van der Waals surface area (Å²) in [5, 5.41) is 8.97. The molecular weight excluding hydrogens is 292 g/mol. The quantitative estimate of drug-likeness (QED) is 0.727. The summed E-state index contributed by atoms with van der Waals surface area (Å²) >= 11 is 0. The summed E-state index contributed by atoms with van der Waals surface area (Å²) in [5.41, 5.74) is 0.632. The number of aliphatic carboxylic acids is 1. The number of hydrogen-bond acceptors (Lipinski definition) is 3. The number of unbranched alkanes of at least 4 members (excludes halogenated alkanes) is 1. The molecule has 7 heteroatoms. The van der Waals surface area contributed by atoms with E-state index in [2.05, 4.69) is 4.72 Å². The van der Waals surface area contributed by atoms with Gasteiger partial charge in [0.25, 0.3) is 10.2 Å². The fraction of sp³-hybridized carbons (Fsp3) is 0.500. The maximum absolute atomic E-state index is 12.2. The molecule has 0 bridgehead atoms. The van der Waals surface area contributed by atoms with Crippen LogP contribution in [0, 0.1) is 0 Å². The van der Waals surface area contributed by atoms with Crippen molar-refractivity contribution in [2.75, 3.05) is 13.6 Å². The Morgan fingerprint density at radius 1 is 1.33 bits per heavy atom. The summed E-state index contributed by atoms with van der Waals surface area (Å²) in [5.74, 6) is -1.05. The second-order valence-electron chi connectivity index (χ2n) is 4.86. The summed E-state index contributed by atoms with van der Waals surface area (Å²) < 4.78 is 28.1. The monoisotopic (exact) mass is 314 g/mol. The molecule has 0 aliphatic rings. The third-order valence-electron chi connectivity index (χ3n) is 3.11. The van der Waals surface area contributed by atoms with Gasteiger partial charge in [-0.1, -0.05) is 43.7 Å². The van der Waals surface area contributed by atoms with Gasteiger partial charge in [0.15, 0.2) is 0 Å². The molecule has 1 aromatic carbocycles. The van der Waals surface area contributed by atoms with Crippen molar-refractivity contribution in [2.24, 2.45) is 0 Å². The lowest BCUT2D eigenvalue weighted by Crippen LogP contribution is -2.41. The number of hydrogen-bond donors (Lipinski definition) is 2. The van der Waals surface area contributed by atoms with Crippen LogP contribution in [0.25, 0.3) is 0 Å². The summed E-state index contributed by atoms with van der Waals surface area (Å²) in [4.78, 5) is 11.0. The third-order valence-corrected chi connectivity index (χ3v) is 4.69. The molecule has 1 rings (SSSR count). The van der Waals surface area contributed by atoms with Crippen molar-refractivity contribution in [1.29, 1.82) is 0 Å². The third kappa shape index (κ3) is 5.82. The molecule has 0 aromatic heterocycles. The molecule has 0 aliphatic heterocycles. The van der Waals surface area contributed by atoms with Crippen LogP contribution in [0.5, 0.6) is 0 Å². The van der Waals surface area contributed by atoms with Crippen molar-refractivity contribution < 1.29 is 18.3 Å². The molecule has 1 unspecified atom stereocenters. The molecular formula is C14H22N2O4S. The van der Waals surface area contributed by atoms with Crippen LogP contribution in [0.15, 0.2) is 30.3 Å². The van der Waals surface area contributed by atoms with Gasteiger partial charge in [-0.3, -0.25) is 4.79 Å². The van der Waals surface area contributed by atoms with Gasteiger partial charge in [0, 0.05) is 13.6 Å². The van der Waals surface area contributed by atoms with E-state index < -0.39 is 22.2 Å². The summed E-state index contributed by atoms with van der Waals surface area (Å²) in [6, 6.07) is 7.93. The number of nitrogens with zero attached hydrogens (tertiary/aromatic N) is 1. The SMILES string of the molecule is CCCCN(C)S(=O)(=O)NC(CC(=O)O)c1ccccc1. The maximum Gasteiger partial charge on any atom is 0.305 e. The molecule has 0 aliphatic carbocycles. The minimum atomic E-state index is -3.71. The fourth-order valence-electron chi connectivity index (χ4n) is 1.86. The fourth-order valence-corrected chi connectivity index (χ4v) is 2.99. The second-order valence-corrected chi connectivity index (χ2v) is 6.67. The van der Waals surface area contributed by atoms with Gasteiger partial charge in [-0.2, -0.15) is 17.4 Å². The number of benzene rings is 1. The zero-order valence-corrected chi connectivity index (χ0v) is 13.1. The lowest BCUT2D eigenvalue weighted by atomic mass is 10.1. The Hall–Kier alpha value is -1.44. The van der Waals surface area contributed by atoms with Crippen LogP contribution < -0.4 is 4.72 Å². The number of nitrogens with one attached hydrogen (secondary N) is 1. The van der Waals surface area contributed by atoms with Crippen molar-refractivity contribution in [1.82, 2.24) is 9.03 Å². The lowest BCUT2D eigenvalue weighted by molar-refractivity contribution is -0.137. The minimum absolute atomic E-state index is 0.301. The zero-order chi connectivity index (χ0) is 15.9. The van der Waals surface area contributed by atoms with Crippen LogP contribution in [0.3, 0.4) is 0 Å². The number of rotatable bonds is 9. The van der Waals surface area contributed by atoms with Crippen LogP contribution in [0.4, 0.5) is 0 Å². The maximum atomic E-state index is 12.2. The molecule has 0 fully saturated rings. The van der Waals surface area contributed by atoms with E-state index in [0.717, 1.165) is 12.8 Å². The van der Waals surface area contributed by atoms with Gasteiger partial charge < -0.3 is 5.11 Å². The van der Waals surface area contributed by atoms with Crippen molar-refractivity contribution >= 4 is 16.2 Å². The van der Waals surface area contributed by atoms with E-state index in [0.29, 0.717) is 12.1 Å². The van der Waals surface area contributed by atoms with Crippen LogP contribution >= 0.6 is 0 Å². The summed E-state index contributed by atoms with van der Waals surface area (Å²) in [7, 11) is -2.22. The Bertz CT molecular complexity index is 545. The number of carbonyl (C=O) groups is 1. The molecule has 2 N–H and O–H groups in total. The smallest absolute Gasteiger partial charge is 0.305 e. The largest absolute Gasteiger partial charge is 0.481 e. The lowest BCUT2D eigenvalue weighted by Gasteiger charge is -2.22. The highest BCUT2D eigenvalue weighted by Gasteiger charge is 2.24. The summed E-state index contributed by atoms with van der Waals surface area (Å²) in [6.07, 6.45) is 1.34.